The highest BCUT2D eigenvalue weighted by molar-refractivity contribution is 7.89. The molecule has 1 aliphatic rings. The summed E-state index contributed by atoms with van der Waals surface area (Å²) >= 11 is 0. The van der Waals surface area contributed by atoms with Crippen LogP contribution >= 0.6 is 0 Å². The minimum Gasteiger partial charge on any atom is -0.385 e. The molecule has 3 aromatic rings. The van der Waals surface area contributed by atoms with Crippen molar-refractivity contribution < 1.29 is 18.0 Å². The number of aromatic nitrogens is 3. The van der Waals surface area contributed by atoms with E-state index in [1.165, 1.54) is 31.8 Å². The zero-order chi connectivity index (χ0) is 21.3. The lowest BCUT2D eigenvalue weighted by Crippen LogP contribution is -2.36. The van der Waals surface area contributed by atoms with Crippen molar-refractivity contribution >= 4 is 27.0 Å². The summed E-state index contributed by atoms with van der Waals surface area (Å²) in [7, 11) is -0.697. The fraction of sp³-hybridized carbons (Fsp3) is 0.350. The van der Waals surface area contributed by atoms with Gasteiger partial charge in [0.1, 0.15) is 11.0 Å². The molecule has 4 rings (SSSR count). The number of carbonyl (C=O) groups excluding carboxylic acids is 1. The van der Waals surface area contributed by atoms with Gasteiger partial charge >= 0.3 is 0 Å². The lowest BCUT2D eigenvalue weighted by molar-refractivity contribution is -0.127. The monoisotopic (exact) mass is 429 g/mol. The molecule has 1 N–H and O–H groups in total. The second-order valence-corrected chi connectivity index (χ2v) is 9.54. The van der Waals surface area contributed by atoms with Gasteiger partial charge in [-0.05, 0) is 53.8 Å². The van der Waals surface area contributed by atoms with Gasteiger partial charge in [-0.1, -0.05) is 29.1 Å². The summed E-state index contributed by atoms with van der Waals surface area (Å²) < 4.78 is 25.9. The highest BCUT2D eigenvalue weighted by atomic mass is 32.2. The Morgan fingerprint density at radius 3 is 2.87 bits per heavy atom. The Bertz CT molecular complexity index is 1190. The third-order valence-corrected chi connectivity index (χ3v) is 7.00. The molecule has 0 bridgehead atoms. The zero-order valence-corrected chi connectivity index (χ0v) is 17.6. The SMILES string of the molecule is CN(C)S(=O)(=O)c1ccc2nnn(OCC(=O)N[C@H]3CCCc4ccccc43)c2c1. The first kappa shape index (κ1) is 20.3. The fourth-order valence-electron chi connectivity index (χ4n) is 3.60. The van der Waals surface area contributed by atoms with E-state index >= 15 is 0 Å². The molecule has 1 aromatic heterocycles. The molecule has 1 aliphatic carbocycles. The van der Waals surface area contributed by atoms with E-state index in [1.54, 1.807) is 6.07 Å². The minimum atomic E-state index is -3.61. The standard InChI is InChI=1S/C20H23N5O4S/c1-24(2)30(27,28)15-10-11-18-19(12-15)25(23-22-18)29-13-20(26)21-17-9-5-7-14-6-3-4-8-16(14)17/h3-4,6,8,10-12,17H,5,7,9,13H2,1-2H3,(H,21,26)/t17-/m0/s1. The molecule has 30 heavy (non-hydrogen) atoms. The number of fused-ring (bicyclic) bond motifs is 2. The zero-order valence-electron chi connectivity index (χ0n) is 16.8. The Labute approximate surface area is 174 Å². The molecule has 0 saturated carbocycles. The molecule has 2 aromatic carbocycles. The van der Waals surface area contributed by atoms with E-state index in [1.807, 2.05) is 18.2 Å². The molecule has 1 atom stereocenters. The van der Waals surface area contributed by atoms with E-state index < -0.39 is 10.0 Å². The maximum Gasteiger partial charge on any atom is 0.261 e. The number of hydrogen-bond acceptors (Lipinski definition) is 6. The predicted molar refractivity (Wildman–Crippen MR) is 110 cm³/mol. The quantitative estimate of drug-likeness (QED) is 0.633. The lowest BCUT2D eigenvalue weighted by Gasteiger charge is -2.26. The van der Waals surface area contributed by atoms with E-state index in [4.69, 9.17) is 4.84 Å². The van der Waals surface area contributed by atoms with E-state index in [-0.39, 0.29) is 23.5 Å². The van der Waals surface area contributed by atoms with Crippen LogP contribution in [0.2, 0.25) is 0 Å². The number of hydrogen-bond donors (Lipinski definition) is 1. The Morgan fingerprint density at radius 1 is 1.27 bits per heavy atom. The molecule has 0 saturated heterocycles. The van der Waals surface area contributed by atoms with Crippen LogP contribution in [0.25, 0.3) is 11.0 Å². The van der Waals surface area contributed by atoms with Crippen LogP contribution in [0.3, 0.4) is 0 Å². The van der Waals surface area contributed by atoms with Crippen LogP contribution in [0.15, 0.2) is 47.4 Å². The van der Waals surface area contributed by atoms with Crippen molar-refractivity contribution in [1.82, 2.24) is 24.8 Å². The second-order valence-electron chi connectivity index (χ2n) is 7.38. The maximum absolute atomic E-state index is 12.5. The number of aryl methyl sites for hydroxylation is 1. The highest BCUT2D eigenvalue weighted by Crippen LogP contribution is 2.29. The number of carbonyl (C=O) groups is 1. The minimum absolute atomic E-state index is 0.0459. The third kappa shape index (κ3) is 3.88. The van der Waals surface area contributed by atoms with Crippen LogP contribution in [0.5, 0.6) is 0 Å². The molecular weight excluding hydrogens is 406 g/mol. The number of nitrogens with one attached hydrogen (secondary N) is 1. The first-order valence-corrected chi connectivity index (χ1v) is 11.1. The van der Waals surface area contributed by atoms with Gasteiger partial charge in [-0.2, -0.15) is 0 Å². The van der Waals surface area contributed by atoms with Crippen molar-refractivity contribution in [3.63, 3.8) is 0 Å². The smallest absolute Gasteiger partial charge is 0.261 e. The summed E-state index contributed by atoms with van der Waals surface area (Å²) in [6.45, 7) is -0.262. The average Bonchev–Trinajstić information content (AvgIpc) is 3.15. The molecule has 10 heteroatoms. The van der Waals surface area contributed by atoms with Gasteiger partial charge in [-0.15, -0.1) is 5.10 Å². The van der Waals surface area contributed by atoms with Crippen LogP contribution in [0.1, 0.15) is 30.0 Å². The maximum atomic E-state index is 12.5. The Morgan fingerprint density at radius 2 is 2.07 bits per heavy atom. The summed E-state index contributed by atoms with van der Waals surface area (Å²) in [5.74, 6) is -0.280. The van der Waals surface area contributed by atoms with Gasteiger partial charge in [-0.3, -0.25) is 4.79 Å². The lowest BCUT2D eigenvalue weighted by atomic mass is 9.88. The second kappa shape index (κ2) is 8.04. The van der Waals surface area contributed by atoms with Gasteiger partial charge in [-0.25, -0.2) is 12.7 Å². The van der Waals surface area contributed by atoms with E-state index in [9.17, 15) is 13.2 Å². The van der Waals surface area contributed by atoms with Crippen molar-refractivity contribution in [3.8, 4) is 0 Å². The molecule has 1 heterocycles. The first-order chi connectivity index (χ1) is 14.4. The van der Waals surface area contributed by atoms with Gasteiger partial charge in [0.15, 0.2) is 6.61 Å². The van der Waals surface area contributed by atoms with Crippen LogP contribution in [0.4, 0.5) is 0 Å². The van der Waals surface area contributed by atoms with Crippen molar-refractivity contribution in [2.45, 2.75) is 30.2 Å². The van der Waals surface area contributed by atoms with Crippen molar-refractivity contribution in [3.05, 3.63) is 53.6 Å². The third-order valence-electron chi connectivity index (χ3n) is 5.19. The molecule has 1 amide bonds. The molecule has 9 nitrogen and oxygen atoms in total. The number of benzene rings is 2. The summed E-state index contributed by atoms with van der Waals surface area (Å²) in [6, 6.07) is 12.5. The Kier molecular flexibility index (Phi) is 5.44. The molecule has 0 spiro atoms. The van der Waals surface area contributed by atoms with Crippen LogP contribution < -0.4 is 10.2 Å². The van der Waals surface area contributed by atoms with Crippen LogP contribution in [0, 0.1) is 0 Å². The van der Waals surface area contributed by atoms with Crippen LogP contribution in [-0.2, 0) is 21.2 Å². The van der Waals surface area contributed by atoms with Gasteiger partial charge in [0.2, 0.25) is 10.0 Å². The van der Waals surface area contributed by atoms with Gasteiger partial charge in [0, 0.05) is 14.1 Å². The van der Waals surface area contributed by atoms with Gasteiger partial charge in [0.25, 0.3) is 5.91 Å². The van der Waals surface area contributed by atoms with Crippen LogP contribution in [-0.4, -0.2) is 54.5 Å². The summed E-state index contributed by atoms with van der Waals surface area (Å²) in [4.78, 5) is 19.1. The molecular formula is C20H23N5O4S. The number of sulfonamides is 1. The molecule has 158 valence electrons. The fourth-order valence-corrected chi connectivity index (χ4v) is 4.53. The van der Waals surface area contributed by atoms with Crippen molar-refractivity contribution in [1.29, 1.82) is 0 Å². The summed E-state index contributed by atoms with van der Waals surface area (Å²) in [6.07, 6.45) is 2.91. The molecule has 0 fully saturated rings. The number of amides is 1. The predicted octanol–water partition coefficient (Wildman–Crippen LogP) is 1.30. The Balaban J connectivity index is 1.47. The largest absolute Gasteiger partial charge is 0.385 e. The van der Waals surface area contributed by atoms with Gasteiger partial charge < -0.3 is 10.2 Å². The van der Waals surface area contributed by atoms with Crippen molar-refractivity contribution in [2.75, 3.05) is 20.7 Å². The summed E-state index contributed by atoms with van der Waals surface area (Å²) in [5.41, 5.74) is 3.23. The first-order valence-electron chi connectivity index (χ1n) is 9.65. The molecule has 0 unspecified atom stereocenters. The van der Waals surface area contributed by atoms with Crippen molar-refractivity contribution in [2.24, 2.45) is 0 Å². The van der Waals surface area contributed by atoms with E-state index in [0.717, 1.165) is 34.0 Å². The number of rotatable bonds is 6. The molecule has 0 aliphatic heterocycles. The number of nitrogens with zero attached hydrogens (tertiary/aromatic N) is 4. The van der Waals surface area contributed by atoms with E-state index in [2.05, 4.69) is 21.7 Å². The summed E-state index contributed by atoms with van der Waals surface area (Å²) in [5, 5.41) is 10.8. The van der Waals surface area contributed by atoms with E-state index in [0.29, 0.717) is 11.0 Å². The van der Waals surface area contributed by atoms with Gasteiger partial charge in [0.05, 0.1) is 10.9 Å². The normalized spacial score (nSPS) is 16.4. The highest BCUT2D eigenvalue weighted by Gasteiger charge is 2.22. The molecule has 0 radical (unpaired) electrons. The average molecular weight is 430 g/mol. The topological polar surface area (TPSA) is 106 Å². The Hall–Kier alpha value is -2.98.